The quantitative estimate of drug-likeness (QED) is 0.259. The van der Waals surface area contributed by atoms with E-state index in [2.05, 4.69) is 0 Å². The van der Waals surface area contributed by atoms with Crippen molar-refractivity contribution in [1.82, 2.24) is 4.90 Å². The molecule has 2 aromatic rings. The molecule has 4 atom stereocenters. The number of carbonyl (C=O) groups excluding carboxylic acids is 1. The molecule has 2 heterocycles. The van der Waals surface area contributed by atoms with Crippen molar-refractivity contribution in [2.45, 2.75) is 50.7 Å². The Bertz CT molecular complexity index is 1150. The number of amides is 1. The number of thioether (sulfide) groups is 1. The number of aryl methyl sites for hydroxylation is 1. The zero-order valence-electron chi connectivity index (χ0n) is 19.9. The predicted molar refractivity (Wildman–Crippen MR) is 141 cm³/mol. The molecule has 6 nitrogen and oxygen atoms in total. The first-order chi connectivity index (χ1) is 17.4. The van der Waals surface area contributed by atoms with Gasteiger partial charge in [-0.1, -0.05) is 30.4 Å². The molecule has 1 saturated heterocycles. The van der Waals surface area contributed by atoms with E-state index >= 15 is 0 Å². The molecule has 2 N–H and O–H groups in total. The molecule has 36 heavy (non-hydrogen) atoms. The number of carbonyl (C=O) groups is 1. The van der Waals surface area contributed by atoms with Crippen LogP contribution in [0.4, 0.5) is 4.39 Å². The second-order valence-electron chi connectivity index (χ2n) is 9.82. The van der Waals surface area contributed by atoms with E-state index in [1.807, 2.05) is 11.0 Å². The van der Waals surface area contributed by atoms with Crippen molar-refractivity contribution in [3.8, 4) is 11.3 Å². The summed E-state index contributed by atoms with van der Waals surface area (Å²) in [4.78, 5) is 15.8. The van der Waals surface area contributed by atoms with E-state index < -0.39 is 6.10 Å². The summed E-state index contributed by atoms with van der Waals surface area (Å²) in [6.07, 6.45) is 6.84. The number of aliphatic hydroxyl groups excluding tert-OH is 2. The Labute approximate surface area is 219 Å². The Morgan fingerprint density at radius 2 is 2.08 bits per heavy atom. The monoisotopic (exact) mass is 531 g/mol. The Kier molecular flexibility index (Phi) is 7.93. The van der Waals surface area contributed by atoms with Crippen LogP contribution in [-0.2, 0) is 16.0 Å². The molecular weight excluding hydrogens is 501 g/mol. The highest BCUT2D eigenvalue weighted by atomic mass is 32.2. The van der Waals surface area contributed by atoms with Crippen LogP contribution >= 0.6 is 24.0 Å². The number of aliphatic hydroxyl groups is 2. The fourth-order valence-electron chi connectivity index (χ4n) is 5.57. The molecule has 3 unspecified atom stereocenters. The summed E-state index contributed by atoms with van der Waals surface area (Å²) in [5.41, 5.74) is 1.65. The van der Waals surface area contributed by atoms with E-state index in [-0.39, 0.29) is 31.0 Å². The molecule has 3 fully saturated rings. The van der Waals surface area contributed by atoms with Gasteiger partial charge in [-0.05, 0) is 79.8 Å². The number of halogens is 1. The van der Waals surface area contributed by atoms with Gasteiger partial charge < -0.3 is 19.4 Å². The lowest BCUT2D eigenvalue weighted by Crippen LogP contribution is -2.41. The van der Waals surface area contributed by atoms with Crippen molar-refractivity contribution >= 4 is 40.3 Å². The molecule has 2 aliphatic carbocycles. The fraction of sp³-hybridized carbons (Fsp3) is 0.481. The third kappa shape index (κ3) is 5.45. The maximum Gasteiger partial charge on any atom is 0.266 e. The van der Waals surface area contributed by atoms with Gasteiger partial charge >= 0.3 is 0 Å². The molecule has 1 aliphatic heterocycles. The van der Waals surface area contributed by atoms with Crippen LogP contribution in [-0.4, -0.2) is 57.3 Å². The standard InChI is InChI=1S/C27H30FNO5S2/c28-20-7-5-17(6-8-20)23-12-19(2-1-9-33-15-21(31)14-30)24(34-23)13-25-26(32)29(27(35)36-25)22-11-16-3-4-18(22)10-16/h5-8,12-13,16,18,21-22,30-31H,1-4,9-11,14-15H2/t16?,18?,21-,22?/m0/s1. The summed E-state index contributed by atoms with van der Waals surface area (Å²) >= 11 is 6.95. The van der Waals surface area contributed by atoms with Crippen molar-refractivity contribution in [1.29, 1.82) is 0 Å². The molecule has 1 aromatic carbocycles. The van der Waals surface area contributed by atoms with Gasteiger partial charge in [0.05, 0.1) is 18.1 Å². The van der Waals surface area contributed by atoms with Crippen LogP contribution in [0.5, 0.6) is 0 Å². The fourth-order valence-corrected chi connectivity index (χ4v) is 6.91. The van der Waals surface area contributed by atoms with Crippen molar-refractivity contribution in [2.75, 3.05) is 19.8 Å². The number of benzene rings is 1. The van der Waals surface area contributed by atoms with Crippen LogP contribution in [0.1, 0.15) is 43.4 Å². The van der Waals surface area contributed by atoms with Crippen LogP contribution in [0.2, 0.25) is 0 Å². The van der Waals surface area contributed by atoms with Crippen LogP contribution in [0.3, 0.4) is 0 Å². The Morgan fingerprint density at radius 3 is 2.78 bits per heavy atom. The topological polar surface area (TPSA) is 83.1 Å². The lowest BCUT2D eigenvalue weighted by atomic mass is 9.94. The Hall–Kier alpha value is -2.04. The molecular formula is C27H30FNO5S2. The van der Waals surface area contributed by atoms with Gasteiger partial charge in [0.15, 0.2) is 0 Å². The van der Waals surface area contributed by atoms with Crippen molar-refractivity contribution in [2.24, 2.45) is 11.8 Å². The van der Waals surface area contributed by atoms with E-state index in [0.717, 1.165) is 17.5 Å². The summed E-state index contributed by atoms with van der Waals surface area (Å²) in [6, 6.07) is 8.22. The second-order valence-corrected chi connectivity index (χ2v) is 11.5. The number of furan rings is 1. The number of thiocarbonyl (C=S) groups is 1. The Balaban J connectivity index is 1.35. The number of hydrogen-bond acceptors (Lipinski definition) is 7. The lowest BCUT2D eigenvalue weighted by molar-refractivity contribution is -0.124. The van der Waals surface area contributed by atoms with E-state index in [1.165, 1.54) is 43.2 Å². The molecule has 1 amide bonds. The van der Waals surface area contributed by atoms with E-state index in [4.69, 9.17) is 26.5 Å². The van der Waals surface area contributed by atoms with Gasteiger partial charge in [-0.3, -0.25) is 9.69 Å². The van der Waals surface area contributed by atoms with Gasteiger partial charge in [-0.2, -0.15) is 0 Å². The minimum atomic E-state index is -0.892. The first kappa shape index (κ1) is 25.6. The summed E-state index contributed by atoms with van der Waals surface area (Å²) in [7, 11) is 0. The third-order valence-corrected chi connectivity index (χ3v) is 8.67. The minimum absolute atomic E-state index is 0.0467. The highest BCUT2D eigenvalue weighted by molar-refractivity contribution is 8.26. The molecule has 2 saturated carbocycles. The van der Waals surface area contributed by atoms with Gasteiger partial charge in [-0.25, -0.2) is 4.39 Å². The first-order valence-corrected chi connectivity index (χ1v) is 13.7. The number of ether oxygens (including phenoxy) is 1. The highest BCUT2D eigenvalue weighted by Gasteiger charge is 2.48. The summed E-state index contributed by atoms with van der Waals surface area (Å²) in [5.74, 6) is 2.07. The van der Waals surface area contributed by atoms with Gasteiger partial charge in [0.25, 0.3) is 5.91 Å². The van der Waals surface area contributed by atoms with Gasteiger partial charge in [0.2, 0.25) is 0 Å². The summed E-state index contributed by atoms with van der Waals surface area (Å²) < 4.78 is 25.7. The largest absolute Gasteiger partial charge is 0.456 e. The maximum atomic E-state index is 13.4. The lowest BCUT2D eigenvalue weighted by Gasteiger charge is -2.30. The van der Waals surface area contributed by atoms with Crippen LogP contribution in [0.25, 0.3) is 17.4 Å². The smallest absolute Gasteiger partial charge is 0.266 e. The molecule has 9 heteroatoms. The molecule has 0 spiro atoms. The molecule has 2 bridgehead atoms. The molecule has 0 radical (unpaired) electrons. The zero-order valence-corrected chi connectivity index (χ0v) is 21.5. The number of nitrogens with zero attached hydrogens (tertiary/aromatic N) is 1. The number of fused-ring (bicyclic) bond motifs is 2. The van der Waals surface area contributed by atoms with Gasteiger partial charge in [0, 0.05) is 24.3 Å². The molecule has 3 aliphatic rings. The predicted octanol–water partition coefficient (Wildman–Crippen LogP) is 4.78. The summed E-state index contributed by atoms with van der Waals surface area (Å²) in [6.45, 7) is 0.133. The van der Waals surface area contributed by atoms with Gasteiger partial charge in [-0.15, -0.1) is 0 Å². The van der Waals surface area contributed by atoms with E-state index in [1.54, 1.807) is 18.2 Å². The summed E-state index contributed by atoms with van der Waals surface area (Å²) in [5, 5.41) is 18.3. The van der Waals surface area contributed by atoms with Crippen LogP contribution < -0.4 is 0 Å². The SMILES string of the molecule is O=C1C(=Cc2oc(-c3ccc(F)cc3)cc2CCCOC[C@@H](O)CO)SC(=S)N1C1CC2CCC1C2. The average Bonchev–Trinajstić information content (AvgIpc) is 3.64. The Morgan fingerprint density at radius 1 is 1.28 bits per heavy atom. The maximum absolute atomic E-state index is 13.4. The molecule has 1 aromatic heterocycles. The van der Waals surface area contributed by atoms with Crippen LogP contribution in [0.15, 0.2) is 39.7 Å². The van der Waals surface area contributed by atoms with E-state index in [0.29, 0.717) is 52.0 Å². The highest BCUT2D eigenvalue weighted by Crippen LogP contribution is 2.49. The van der Waals surface area contributed by atoms with Crippen molar-refractivity contribution in [3.05, 3.63) is 52.4 Å². The van der Waals surface area contributed by atoms with Crippen molar-refractivity contribution < 1.29 is 28.6 Å². The minimum Gasteiger partial charge on any atom is -0.456 e. The average molecular weight is 532 g/mol. The zero-order chi connectivity index (χ0) is 25.2. The molecule has 192 valence electrons. The first-order valence-electron chi connectivity index (χ1n) is 12.4. The van der Waals surface area contributed by atoms with Gasteiger partial charge in [0.1, 0.15) is 27.8 Å². The number of hydrogen-bond donors (Lipinski definition) is 2. The molecule has 5 rings (SSSR count). The second kappa shape index (κ2) is 11.1. The van der Waals surface area contributed by atoms with Crippen molar-refractivity contribution in [3.63, 3.8) is 0 Å². The number of rotatable bonds is 10. The normalized spacial score (nSPS) is 25.5. The van der Waals surface area contributed by atoms with Crippen LogP contribution in [0, 0.1) is 17.7 Å². The third-order valence-electron chi connectivity index (χ3n) is 7.34. The van der Waals surface area contributed by atoms with E-state index in [9.17, 15) is 14.3 Å².